The maximum Gasteiger partial charge on any atom is 0.354 e. The molecule has 1 amide bonds. The van der Waals surface area contributed by atoms with Gasteiger partial charge in [-0.1, -0.05) is 0 Å². The number of carboxylic acid groups (broad SMARTS) is 1. The molecule has 0 aliphatic rings. The summed E-state index contributed by atoms with van der Waals surface area (Å²) in [6.07, 6.45) is 2.02. The molecule has 110 valence electrons. The van der Waals surface area contributed by atoms with Gasteiger partial charge in [-0.2, -0.15) is 0 Å². The zero-order valence-electron chi connectivity index (χ0n) is 11.7. The SMILES string of the molecule is Cc1nc(C)c(CCNC(=O)c2ccnc(C(=O)O)c2)s1. The molecule has 0 fully saturated rings. The molecule has 0 radical (unpaired) electrons. The lowest BCUT2D eigenvalue weighted by molar-refractivity contribution is 0.0690. The highest BCUT2D eigenvalue weighted by Crippen LogP contribution is 2.17. The molecule has 2 rings (SSSR count). The molecule has 0 aliphatic heterocycles. The normalized spacial score (nSPS) is 10.4. The minimum atomic E-state index is -1.15. The summed E-state index contributed by atoms with van der Waals surface area (Å²) in [6.45, 7) is 4.37. The van der Waals surface area contributed by atoms with E-state index in [4.69, 9.17) is 5.11 Å². The lowest BCUT2D eigenvalue weighted by Crippen LogP contribution is -2.26. The minimum Gasteiger partial charge on any atom is -0.477 e. The second-order valence-electron chi connectivity index (χ2n) is 4.48. The van der Waals surface area contributed by atoms with Crippen LogP contribution in [0.2, 0.25) is 0 Å². The number of carbonyl (C=O) groups excluding carboxylic acids is 1. The van der Waals surface area contributed by atoms with Crippen molar-refractivity contribution >= 4 is 23.2 Å². The van der Waals surface area contributed by atoms with Gasteiger partial charge < -0.3 is 10.4 Å². The number of pyridine rings is 1. The Labute approximate surface area is 125 Å². The Balaban J connectivity index is 1.94. The molecule has 0 aliphatic carbocycles. The molecule has 7 heteroatoms. The lowest BCUT2D eigenvalue weighted by Gasteiger charge is -2.05. The molecule has 2 aromatic heterocycles. The highest BCUT2D eigenvalue weighted by Gasteiger charge is 2.11. The number of hydrogen-bond donors (Lipinski definition) is 2. The molecule has 2 heterocycles. The first-order valence-corrected chi connectivity index (χ1v) is 7.19. The van der Waals surface area contributed by atoms with Crippen molar-refractivity contribution in [2.45, 2.75) is 20.3 Å². The van der Waals surface area contributed by atoms with Crippen LogP contribution < -0.4 is 5.32 Å². The van der Waals surface area contributed by atoms with E-state index in [1.165, 1.54) is 18.3 Å². The Hall–Kier alpha value is -2.28. The number of carboxylic acids is 1. The van der Waals surface area contributed by atoms with Gasteiger partial charge in [0.2, 0.25) is 0 Å². The number of nitrogens with zero attached hydrogens (tertiary/aromatic N) is 2. The number of rotatable bonds is 5. The summed E-state index contributed by atoms with van der Waals surface area (Å²) in [6, 6.07) is 2.75. The summed E-state index contributed by atoms with van der Waals surface area (Å²) in [4.78, 5) is 31.9. The topological polar surface area (TPSA) is 92.2 Å². The molecular formula is C14H15N3O3S. The number of nitrogens with one attached hydrogen (secondary N) is 1. The Morgan fingerprint density at radius 2 is 2.14 bits per heavy atom. The standard InChI is InChI=1S/C14H15N3O3S/c1-8-12(21-9(2)17-8)4-6-16-13(18)10-3-5-15-11(7-10)14(19)20/h3,5,7H,4,6H2,1-2H3,(H,16,18)(H,19,20). The van der Waals surface area contributed by atoms with E-state index in [9.17, 15) is 9.59 Å². The second-order valence-corrected chi connectivity index (χ2v) is 5.77. The van der Waals surface area contributed by atoms with Crippen molar-refractivity contribution in [2.75, 3.05) is 6.54 Å². The fourth-order valence-corrected chi connectivity index (χ4v) is 2.82. The predicted octanol–water partition coefficient (Wildman–Crippen LogP) is 1.83. The first kappa shape index (κ1) is 15.1. The van der Waals surface area contributed by atoms with Gasteiger partial charge in [0.15, 0.2) is 0 Å². The van der Waals surface area contributed by atoms with Crippen LogP contribution in [0.5, 0.6) is 0 Å². The maximum atomic E-state index is 12.0. The number of aromatic nitrogens is 2. The lowest BCUT2D eigenvalue weighted by atomic mass is 10.2. The van der Waals surface area contributed by atoms with E-state index in [0.717, 1.165) is 15.6 Å². The van der Waals surface area contributed by atoms with Crippen molar-refractivity contribution in [3.63, 3.8) is 0 Å². The average molecular weight is 305 g/mol. The van der Waals surface area contributed by atoms with E-state index in [0.29, 0.717) is 18.5 Å². The van der Waals surface area contributed by atoms with E-state index >= 15 is 0 Å². The quantitative estimate of drug-likeness (QED) is 0.879. The number of hydrogen-bond acceptors (Lipinski definition) is 5. The summed E-state index contributed by atoms with van der Waals surface area (Å²) in [5.41, 5.74) is 1.14. The molecular weight excluding hydrogens is 290 g/mol. The van der Waals surface area contributed by atoms with Crippen molar-refractivity contribution in [1.29, 1.82) is 0 Å². The van der Waals surface area contributed by atoms with E-state index in [1.54, 1.807) is 11.3 Å². The maximum absolute atomic E-state index is 12.0. The van der Waals surface area contributed by atoms with Gasteiger partial charge in [0.25, 0.3) is 5.91 Å². The Kier molecular flexibility index (Phi) is 4.64. The van der Waals surface area contributed by atoms with Gasteiger partial charge in [0.1, 0.15) is 5.69 Å². The van der Waals surface area contributed by atoms with Crippen LogP contribution in [0.1, 0.15) is 36.4 Å². The van der Waals surface area contributed by atoms with Gasteiger partial charge in [-0.3, -0.25) is 4.79 Å². The van der Waals surface area contributed by atoms with Crippen molar-refractivity contribution in [3.8, 4) is 0 Å². The largest absolute Gasteiger partial charge is 0.477 e. The number of carbonyl (C=O) groups is 2. The number of amides is 1. The van der Waals surface area contributed by atoms with Gasteiger partial charge in [-0.05, 0) is 26.0 Å². The molecule has 6 nitrogen and oxygen atoms in total. The van der Waals surface area contributed by atoms with E-state index in [2.05, 4.69) is 15.3 Å². The number of aryl methyl sites for hydroxylation is 2. The predicted molar refractivity (Wildman–Crippen MR) is 78.8 cm³/mol. The first-order chi connectivity index (χ1) is 9.97. The summed E-state index contributed by atoms with van der Waals surface area (Å²) in [5.74, 6) is -1.46. The summed E-state index contributed by atoms with van der Waals surface area (Å²) < 4.78 is 0. The van der Waals surface area contributed by atoms with Gasteiger partial charge in [0.05, 0.1) is 10.7 Å². The van der Waals surface area contributed by atoms with Crippen molar-refractivity contribution < 1.29 is 14.7 Å². The number of thiazole rings is 1. The van der Waals surface area contributed by atoms with Crippen molar-refractivity contribution in [2.24, 2.45) is 0 Å². The third kappa shape index (κ3) is 3.85. The highest BCUT2D eigenvalue weighted by molar-refractivity contribution is 7.11. The Bertz CT molecular complexity index is 682. The molecule has 0 spiro atoms. The third-order valence-corrected chi connectivity index (χ3v) is 4.01. The monoisotopic (exact) mass is 305 g/mol. The zero-order valence-corrected chi connectivity index (χ0v) is 12.5. The van der Waals surface area contributed by atoms with E-state index in [-0.39, 0.29) is 11.6 Å². The van der Waals surface area contributed by atoms with Crippen LogP contribution in [0.3, 0.4) is 0 Å². The highest BCUT2D eigenvalue weighted by atomic mass is 32.1. The van der Waals surface area contributed by atoms with E-state index < -0.39 is 5.97 Å². The van der Waals surface area contributed by atoms with Gasteiger partial charge in [0, 0.05) is 29.6 Å². The minimum absolute atomic E-state index is 0.142. The first-order valence-electron chi connectivity index (χ1n) is 6.38. The molecule has 0 unspecified atom stereocenters. The molecule has 21 heavy (non-hydrogen) atoms. The van der Waals surface area contributed by atoms with Gasteiger partial charge >= 0.3 is 5.97 Å². The summed E-state index contributed by atoms with van der Waals surface area (Å²) in [7, 11) is 0. The Morgan fingerprint density at radius 3 is 2.76 bits per heavy atom. The van der Waals surface area contributed by atoms with E-state index in [1.807, 2.05) is 13.8 Å². The average Bonchev–Trinajstić information content (AvgIpc) is 2.77. The molecule has 2 N–H and O–H groups in total. The summed E-state index contributed by atoms with van der Waals surface area (Å²) >= 11 is 1.62. The van der Waals surface area contributed by atoms with Crippen molar-refractivity contribution in [3.05, 3.63) is 45.2 Å². The zero-order chi connectivity index (χ0) is 15.4. The molecule has 0 saturated carbocycles. The summed E-state index contributed by atoms with van der Waals surface area (Å²) in [5, 5.41) is 12.6. The molecule has 0 saturated heterocycles. The second kappa shape index (κ2) is 6.45. The van der Waals surface area contributed by atoms with Crippen LogP contribution in [-0.4, -0.2) is 33.5 Å². The van der Waals surface area contributed by atoms with Gasteiger partial charge in [-0.15, -0.1) is 11.3 Å². The van der Waals surface area contributed by atoms with Crippen LogP contribution in [0.4, 0.5) is 0 Å². The molecule has 0 atom stereocenters. The van der Waals surface area contributed by atoms with Crippen LogP contribution >= 0.6 is 11.3 Å². The number of aromatic carboxylic acids is 1. The fraction of sp³-hybridized carbons (Fsp3) is 0.286. The van der Waals surface area contributed by atoms with Crippen LogP contribution in [0.15, 0.2) is 18.3 Å². The molecule has 0 bridgehead atoms. The van der Waals surface area contributed by atoms with Crippen LogP contribution in [0.25, 0.3) is 0 Å². The Morgan fingerprint density at radius 1 is 1.38 bits per heavy atom. The van der Waals surface area contributed by atoms with Gasteiger partial charge in [-0.25, -0.2) is 14.8 Å². The fourth-order valence-electron chi connectivity index (χ4n) is 1.89. The van der Waals surface area contributed by atoms with Crippen LogP contribution in [0, 0.1) is 13.8 Å². The smallest absolute Gasteiger partial charge is 0.354 e. The third-order valence-electron chi connectivity index (χ3n) is 2.88. The van der Waals surface area contributed by atoms with Crippen molar-refractivity contribution in [1.82, 2.24) is 15.3 Å². The van der Waals surface area contributed by atoms with Crippen LogP contribution in [-0.2, 0) is 6.42 Å². The molecule has 2 aromatic rings. The molecule has 0 aromatic carbocycles.